The SMILES string of the molecule is CCSc1cc(C(F)(F)F)ccc1C1=Nc2cc(C(F)(F)F)cnc2C1(F)F. The van der Waals surface area contributed by atoms with E-state index in [1.54, 1.807) is 6.92 Å². The predicted molar refractivity (Wildman–Crippen MR) is 87.2 cm³/mol. The highest BCUT2D eigenvalue weighted by Gasteiger charge is 2.49. The molecule has 2 heterocycles. The van der Waals surface area contributed by atoms with Gasteiger partial charge in [0.05, 0.1) is 16.8 Å². The van der Waals surface area contributed by atoms with Gasteiger partial charge in [-0.15, -0.1) is 11.8 Å². The highest BCUT2D eigenvalue weighted by Crippen LogP contribution is 2.47. The highest BCUT2D eigenvalue weighted by molar-refractivity contribution is 7.99. The van der Waals surface area contributed by atoms with Crippen LogP contribution in [-0.4, -0.2) is 16.4 Å². The Morgan fingerprint density at radius 1 is 0.964 bits per heavy atom. The average molecular weight is 426 g/mol. The molecule has 0 fully saturated rings. The van der Waals surface area contributed by atoms with Crippen molar-refractivity contribution in [3.8, 4) is 0 Å². The van der Waals surface area contributed by atoms with E-state index < -0.39 is 46.5 Å². The van der Waals surface area contributed by atoms with E-state index in [2.05, 4.69) is 9.98 Å². The Bertz CT molecular complexity index is 947. The Balaban J connectivity index is 2.15. The lowest BCUT2D eigenvalue weighted by Crippen LogP contribution is -2.25. The van der Waals surface area contributed by atoms with Gasteiger partial charge in [-0.3, -0.25) is 4.98 Å². The maximum Gasteiger partial charge on any atom is 0.417 e. The Hall–Kier alpha value is -2.17. The van der Waals surface area contributed by atoms with Gasteiger partial charge in [-0.1, -0.05) is 13.0 Å². The van der Waals surface area contributed by atoms with Crippen LogP contribution in [0.25, 0.3) is 0 Å². The number of fused-ring (bicyclic) bond motifs is 1. The summed E-state index contributed by atoms with van der Waals surface area (Å²) in [5.74, 6) is -3.56. The monoisotopic (exact) mass is 426 g/mol. The summed E-state index contributed by atoms with van der Waals surface area (Å²) in [6, 6.07) is 2.65. The highest BCUT2D eigenvalue weighted by atomic mass is 32.2. The van der Waals surface area contributed by atoms with Gasteiger partial charge < -0.3 is 0 Å². The van der Waals surface area contributed by atoms with Crippen molar-refractivity contribution in [2.75, 3.05) is 5.75 Å². The van der Waals surface area contributed by atoms with Crippen molar-refractivity contribution in [3.63, 3.8) is 0 Å². The van der Waals surface area contributed by atoms with Gasteiger partial charge in [0.15, 0.2) is 0 Å². The largest absolute Gasteiger partial charge is 0.417 e. The summed E-state index contributed by atoms with van der Waals surface area (Å²) in [4.78, 5) is 6.71. The molecule has 11 heteroatoms. The Morgan fingerprint density at radius 2 is 1.61 bits per heavy atom. The summed E-state index contributed by atoms with van der Waals surface area (Å²) < 4.78 is 107. The van der Waals surface area contributed by atoms with Crippen LogP contribution >= 0.6 is 11.8 Å². The molecule has 2 nitrogen and oxygen atoms in total. The number of pyridine rings is 1. The fraction of sp³-hybridized carbons (Fsp3) is 0.294. The van der Waals surface area contributed by atoms with E-state index in [9.17, 15) is 35.1 Å². The van der Waals surface area contributed by atoms with E-state index in [1.165, 1.54) is 0 Å². The van der Waals surface area contributed by atoms with Gasteiger partial charge in [0, 0.05) is 16.7 Å². The van der Waals surface area contributed by atoms with Crippen molar-refractivity contribution in [2.24, 2.45) is 4.99 Å². The summed E-state index contributed by atoms with van der Waals surface area (Å²) in [6.45, 7) is 1.62. The van der Waals surface area contributed by atoms with Crippen LogP contribution in [0.15, 0.2) is 40.4 Å². The van der Waals surface area contributed by atoms with Crippen molar-refractivity contribution in [1.82, 2.24) is 4.98 Å². The van der Waals surface area contributed by atoms with Crippen molar-refractivity contribution < 1.29 is 35.1 Å². The molecule has 0 N–H and O–H groups in total. The first-order valence-electron chi connectivity index (χ1n) is 7.74. The number of aromatic nitrogens is 1. The molecule has 2 aromatic rings. The van der Waals surface area contributed by atoms with Crippen molar-refractivity contribution in [2.45, 2.75) is 30.1 Å². The van der Waals surface area contributed by atoms with Crippen LogP contribution in [0.2, 0.25) is 0 Å². The quantitative estimate of drug-likeness (QED) is 0.416. The third-order valence-corrected chi connectivity index (χ3v) is 4.82. The summed E-state index contributed by atoms with van der Waals surface area (Å²) in [6.07, 6.45) is -9.19. The molecule has 1 aliphatic heterocycles. The topological polar surface area (TPSA) is 25.2 Å². The number of thioether (sulfide) groups is 1. The molecule has 0 aliphatic carbocycles. The molecule has 0 saturated heterocycles. The molecule has 0 bridgehead atoms. The van der Waals surface area contributed by atoms with Gasteiger partial charge >= 0.3 is 18.3 Å². The second-order valence-electron chi connectivity index (χ2n) is 5.77. The van der Waals surface area contributed by atoms with E-state index in [-0.39, 0.29) is 22.4 Å². The third-order valence-electron chi connectivity index (χ3n) is 3.89. The maximum absolute atomic E-state index is 14.8. The number of aliphatic imine (C=N–C) groups is 1. The maximum atomic E-state index is 14.8. The van der Waals surface area contributed by atoms with Crippen LogP contribution in [0.5, 0.6) is 0 Å². The minimum atomic E-state index is -4.80. The summed E-state index contributed by atoms with van der Waals surface area (Å²) in [5.41, 5.74) is -5.12. The number of hydrogen-bond acceptors (Lipinski definition) is 3. The van der Waals surface area contributed by atoms with Crippen LogP contribution in [0.3, 0.4) is 0 Å². The molecule has 1 aliphatic rings. The van der Waals surface area contributed by atoms with Gasteiger partial charge in [-0.05, 0) is 24.0 Å². The second kappa shape index (κ2) is 6.71. The zero-order chi connectivity index (χ0) is 20.9. The van der Waals surface area contributed by atoms with Gasteiger partial charge in [0.25, 0.3) is 0 Å². The molecule has 28 heavy (non-hydrogen) atoms. The number of hydrogen-bond donors (Lipinski definition) is 0. The number of benzene rings is 1. The normalized spacial score (nSPS) is 16.1. The average Bonchev–Trinajstić information content (AvgIpc) is 2.84. The molecule has 0 radical (unpaired) electrons. The number of halogens is 8. The molecule has 1 aromatic heterocycles. The number of alkyl halides is 8. The van der Waals surface area contributed by atoms with Crippen molar-refractivity contribution in [1.29, 1.82) is 0 Å². The summed E-state index contributed by atoms with van der Waals surface area (Å²) in [5, 5.41) is 0. The van der Waals surface area contributed by atoms with E-state index in [4.69, 9.17) is 0 Å². The lowest BCUT2D eigenvalue weighted by molar-refractivity contribution is -0.138. The minimum absolute atomic E-state index is 0.0976. The Kier molecular flexibility index (Phi) is 4.93. The number of nitrogens with zero attached hydrogens (tertiary/aromatic N) is 2. The molecule has 150 valence electrons. The summed E-state index contributed by atoms with van der Waals surface area (Å²) >= 11 is 0.891. The van der Waals surface area contributed by atoms with Gasteiger partial charge in [0.2, 0.25) is 0 Å². The lowest BCUT2D eigenvalue weighted by Gasteiger charge is -2.17. The van der Waals surface area contributed by atoms with Crippen LogP contribution in [0.1, 0.15) is 29.3 Å². The smallest absolute Gasteiger partial charge is 0.252 e. The first kappa shape index (κ1) is 20.6. The molecular weight excluding hydrogens is 416 g/mol. The van der Waals surface area contributed by atoms with Crippen LogP contribution in [0, 0.1) is 0 Å². The Morgan fingerprint density at radius 3 is 2.18 bits per heavy atom. The molecular formula is C17H10F8N2S. The van der Waals surface area contributed by atoms with E-state index in [0.29, 0.717) is 12.1 Å². The first-order chi connectivity index (χ1) is 12.9. The second-order valence-corrected chi connectivity index (χ2v) is 7.07. The zero-order valence-electron chi connectivity index (χ0n) is 13.9. The number of rotatable bonds is 3. The van der Waals surface area contributed by atoms with E-state index >= 15 is 0 Å². The Labute approximate surface area is 157 Å². The van der Waals surface area contributed by atoms with Crippen LogP contribution in [-0.2, 0) is 18.3 Å². The van der Waals surface area contributed by atoms with Gasteiger partial charge in [-0.2, -0.15) is 35.1 Å². The molecule has 0 saturated carbocycles. The lowest BCUT2D eigenvalue weighted by atomic mass is 10.0. The molecule has 3 rings (SSSR count). The van der Waals surface area contributed by atoms with Crippen molar-refractivity contribution in [3.05, 3.63) is 52.8 Å². The van der Waals surface area contributed by atoms with E-state index in [0.717, 1.165) is 23.9 Å². The molecule has 1 aromatic carbocycles. The fourth-order valence-electron chi connectivity index (χ4n) is 2.64. The summed E-state index contributed by atoms with van der Waals surface area (Å²) in [7, 11) is 0. The van der Waals surface area contributed by atoms with Gasteiger partial charge in [-0.25, -0.2) is 4.99 Å². The minimum Gasteiger partial charge on any atom is -0.252 e. The predicted octanol–water partition coefficient (Wildman–Crippen LogP) is 6.46. The molecule has 0 atom stereocenters. The third kappa shape index (κ3) is 3.59. The first-order valence-corrected chi connectivity index (χ1v) is 8.73. The van der Waals surface area contributed by atoms with Crippen LogP contribution < -0.4 is 0 Å². The molecule has 0 amide bonds. The van der Waals surface area contributed by atoms with E-state index in [1.807, 2.05) is 0 Å². The molecule has 0 unspecified atom stereocenters. The zero-order valence-corrected chi connectivity index (χ0v) is 14.7. The van der Waals surface area contributed by atoms with Crippen molar-refractivity contribution >= 4 is 23.2 Å². The van der Waals surface area contributed by atoms with Crippen LogP contribution in [0.4, 0.5) is 40.8 Å². The molecule has 0 spiro atoms. The van der Waals surface area contributed by atoms with Gasteiger partial charge in [0.1, 0.15) is 11.4 Å². The fourth-order valence-corrected chi connectivity index (χ4v) is 3.48. The standard InChI is InChI=1S/C17H10F8N2S/c1-2-28-12-6-8(16(20,21)22)3-4-10(12)13-15(18,19)14-11(27-13)5-9(7-26-14)17(23,24)25/h3-7H,2H2,1H3.